The molecule has 0 aliphatic carbocycles. The number of halogens is 1. The maximum atomic E-state index is 11.6. The molecule has 0 saturated carbocycles. The summed E-state index contributed by atoms with van der Waals surface area (Å²) in [6.07, 6.45) is 3.45. The van der Waals surface area contributed by atoms with E-state index >= 15 is 0 Å². The molecule has 1 amide bonds. The zero-order chi connectivity index (χ0) is 14.2. The first-order chi connectivity index (χ1) is 9.79. The van der Waals surface area contributed by atoms with E-state index in [4.69, 9.17) is 4.74 Å². The highest BCUT2D eigenvalue weighted by molar-refractivity contribution is 6.00. The van der Waals surface area contributed by atoms with Gasteiger partial charge in [0.25, 0.3) is 0 Å². The molecule has 1 heterocycles. The molecule has 0 radical (unpaired) electrons. The summed E-state index contributed by atoms with van der Waals surface area (Å²) in [6, 6.07) is 12.5. The van der Waals surface area contributed by atoms with E-state index < -0.39 is 6.09 Å². The second-order valence-corrected chi connectivity index (χ2v) is 3.97. The van der Waals surface area contributed by atoms with Gasteiger partial charge in [-0.3, -0.25) is 4.98 Å². The first-order valence-corrected chi connectivity index (χ1v) is 6.29. The molecule has 1 aromatic heterocycles. The molecule has 2 rings (SSSR count). The van der Waals surface area contributed by atoms with Crippen LogP contribution in [0.25, 0.3) is 0 Å². The van der Waals surface area contributed by atoms with E-state index in [0.29, 0.717) is 12.2 Å². The van der Waals surface area contributed by atoms with Gasteiger partial charge < -0.3 is 4.74 Å². The molecule has 5 nitrogen and oxygen atoms in total. The van der Waals surface area contributed by atoms with Crippen LogP contribution in [0.4, 0.5) is 4.79 Å². The zero-order valence-corrected chi connectivity index (χ0v) is 12.3. The number of hydrogen-bond acceptors (Lipinski definition) is 4. The molecule has 0 bridgehead atoms. The summed E-state index contributed by atoms with van der Waals surface area (Å²) in [7, 11) is 0. The fourth-order valence-corrected chi connectivity index (χ4v) is 1.61. The lowest BCUT2D eigenvalue weighted by Crippen LogP contribution is -2.23. The van der Waals surface area contributed by atoms with Crippen LogP contribution in [0.15, 0.2) is 60.0 Å². The molecule has 1 aromatic carbocycles. The van der Waals surface area contributed by atoms with E-state index in [1.54, 1.807) is 36.7 Å². The van der Waals surface area contributed by atoms with Gasteiger partial charge in [0.2, 0.25) is 0 Å². The first kappa shape index (κ1) is 16.7. The fraction of sp³-hybridized carbons (Fsp3) is 0.133. The van der Waals surface area contributed by atoms with Crippen molar-refractivity contribution >= 4 is 24.2 Å². The standard InChI is InChI=1S/C15H15N3O2.ClH/c1-2-14(12-7-6-10-16-11-12)17-18-15(19)20-13-8-4-3-5-9-13;/h3-11H,2H2,1H3,(H,18,19);1H. The van der Waals surface area contributed by atoms with Crippen LogP contribution in [0.1, 0.15) is 18.9 Å². The van der Waals surface area contributed by atoms with Crippen LogP contribution in [-0.2, 0) is 0 Å². The number of aromatic nitrogens is 1. The largest absolute Gasteiger partial charge is 0.433 e. The Morgan fingerprint density at radius 3 is 2.62 bits per heavy atom. The third-order valence-corrected chi connectivity index (χ3v) is 2.57. The molecule has 21 heavy (non-hydrogen) atoms. The van der Waals surface area contributed by atoms with Gasteiger partial charge in [-0.1, -0.05) is 31.2 Å². The summed E-state index contributed by atoms with van der Waals surface area (Å²) in [5, 5.41) is 4.06. The van der Waals surface area contributed by atoms with Crippen molar-refractivity contribution < 1.29 is 9.53 Å². The maximum Gasteiger partial charge on any atom is 0.433 e. The number of amides is 1. The summed E-state index contributed by atoms with van der Waals surface area (Å²) >= 11 is 0. The number of hydrogen-bond donors (Lipinski definition) is 1. The Bertz CT molecular complexity index is 588. The molecule has 0 spiro atoms. The van der Waals surface area contributed by atoms with Gasteiger partial charge in [-0.05, 0) is 24.6 Å². The van der Waals surface area contributed by atoms with Crippen LogP contribution >= 0.6 is 12.4 Å². The molecular weight excluding hydrogens is 290 g/mol. The molecular formula is C15H16ClN3O2. The Labute approximate surface area is 129 Å². The van der Waals surface area contributed by atoms with E-state index in [2.05, 4.69) is 15.5 Å². The Hall–Kier alpha value is -2.40. The molecule has 0 unspecified atom stereocenters. The normalized spacial score (nSPS) is 10.4. The molecule has 0 fully saturated rings. The van der Waals surface area contributed by atoms with Gasteiger partial charge in [0.05, 0.1) is 5.71 Å². The number of pyridine rings is 1. The van der Waals surface area contributed by atoms with Crippen LogP contribution in [0, 0.1) is 0 Å². The quantitative estimate of drug-likeness (QED) is 0.695. The third kappa shape index (κ3) is 5.24. The average molecular weight is 306 g/mol. The van der Waals surface area contributed by atoms with Crippen LogP contribution in [0.5, 0.6) is 5.75 Å². The summed E-state index contributed by atoms with van der Waals surface area (Å²) in [5.41, 5.74) is 3.99. The van der Waals surface area contributed by atoms with Gasteiger partial charge in [-0.15, -0.1) is 12.4 Å². The predicted octanol–water partition coefficient (Wildman–Crippen LogP) is 3.41. The predicted molar refractivity (Wildman–Crippen MR) is 83.9 cm³/mol. The molecule has 6 heteroatoms. The highest BCUT2D eigenvalue weighted by atomic mass is 35.5. The first-order valence-electron chi connectivity index (χ1n) is 6.29. The lowest BCUT2D eigenvalue weighted by Gasteiger charge is -2.05. The minimum Gasteiger partial charge on any atom is -0.409 e. The number of hydrazone groups is 1. The second-order valence-electron chi connectivity index (χ2n) is 3.97. The summed E-state index contributed by atoms with van der Waals surface area (Å²) in [5.74, 6) is 0.472. The number of ether oxygens (including phenoxy) is 1. The van der Waals surface area contributed by atoms with Crippen LogP contribution in [0.3, 0.4) is 0 Å². The molecule has 0 atom stereocenters. The van der Waals surface area contributed by atoms with Gasteiger partial charge in [0.1, 0.15) is 5.75 Å². The number of nitrogens with zero attached hydrogens (tertiary/aromatic N) is 2. The van der Waals surface area contributed by atoms with Crippen LogP contribution < -0.4 is 10.2 Å². The van der Waals surface area contributed by atoms with Crippen LogP contribution in [-0.4, -0.2) is 16.8 Å². The molecule has 2 aromatic rings. The minimum atomic E-state index is -0.619. The van der Waals surface area contributed by atoms with Crippen molar-refractivity contribution in [3.05, 3.63) is 60.4 Å². The van der Waals surface area contributed by atoms with Crippen LogP contribution in [0.2, 0.25) is 0 Å². The Kier molecular flexibility index (Phi) is 6.91. The highest BCUT2D eigenvalue weighted by Crippen LogP contribution is 2.08. The van der Waals surface area contributed by atoms with Crippen molar-refractivity contribution in [1.82, 2.24) is 10.4 Å². The number of benzene rings is 1. The zero-order valence-electron chi connectivity index (χ0n) is 11.5. The lowest BCUT2D eigenvalue weighted by atomic mass is 10.1. The van der Waals surface area contributed by atoms with E-state index in [-0.39, 0.29) is 12.4 Å². The molecule has 0 aliphatic heterocycles. The highest BCUT2D eigenvalue weighted by Gasteiger charge is 2.05. The molecule has 0 aliphatic rings. The summed E-state index contributed by atoms with van der Waals surface area (Å²) < 4.78 is 5.07. The van der Waals surface area contributed by atoms with Gasteiger partial charge >= 0.3 is 6.09 Å². The van der Waals surface area contributed by atoms with Gasteiger partial charge in [-0.2, -0.15) is 5.10 Å². The summed E-state index contributed by atoms with van der Waals surface area (Å²) in [6.45, 7) is 1.95. The number of carbonyl (C=O) groups is 1. The SMILES string of the molecule is CCC(=NNC(=O)Oc1ccccc1)c1cccnc1.Cl. The van der Waals surface area contributed by atoms with Crippen molar-refractivity contribution in [3.63, 3.8) is 0 Å². The van der Waals surface area contributed by atoms with E-state index in [1.807, 2.05) is 25.1 Å². The van der Waals surface area contributed by atoms with Gasteiger partial charge in [0, 0.05) is 18.0 Å². The Morgan fingerprint density at radius 2 is 2.00 bits per heavy atom. The fourth-order valence-electron chi connectivity index (χ4n) is 1.61. The van der Waals surface area contributed by atoms with Crippen molar-refractivity contribution in [2.45, 2.75) is 13.3 Å². The van der Waals surface area contributed by atoms with Gasteiger partial charge in [-0.25, -0.2) is 10.2 Å². The van der Waals surface area contributed by atoms with E-state index in [9.17, 15) is 4.79 Å². The monoisotopic (exact) mass is 305 g/mol. The maximum absolute atomic E-state index is 11.6. The number of nitrogens with one attached hydrogen (secondary N) is 1. The second kappa shape index (κ2) is 8.71. The molecule has 0 saturated heterocycles. The van der Waals surface area contributed by atoms with Crippen molar-refractivity contribution in [2.24, 2.45) is 5.10 Å². The smallest absolute Gasteiger partial charge is 0.409 e. The van der Waals surface area contributed by atoms with E-state index in [1.165, 1.54) is 0 Å². The van der Waals surface area contributed by atoms with Crippen molar-refractivity contribution in [1.29, 1.82) is 0 Å². The van der Waals surface area contributed by atoms with Crippen molar-refractivity contribution in [3.8, 4) is 5.75 Å². The molecule has 1 N–H and O–H groups in total. The Morgan fingerprint density at radius 1 is 1.24 bits per heavy atom. The molecule has 110 valence electrons. The topological polar surface area (TPSA) is 63.6 Å². The lowest BCUT2D eigenvalue weighted by molar-refractivity contribution is 0.201. The number of carbonyl (C=O) groups excluding carboxylic acids is 1. The minimum absolute atomic E-state index is 0. The van der Waals surface area contributed by atoms with Gasteiger partial charge in [0.15, 0.2) is 0 Å². The number of rotatable bonds is 4. The summed E-state index contributed by atoms with van der Waals surface area (Å²) in [4.78, 5) is 15.6. The van der Waals surface area contributed by atoms with Crippen molar-refractivity contribution in [2.75, 3.05) is 0 Å². The third-order valence-electron chi connectivity index (χ3n) is 2.57. The average Bonchev–Trinajstić information content (AvgIpc) is 2.50. The number of para-hydroxylation sites is 1. The van der Waals surface area contributed by atoms with E-state index in [0.717, 1.165) is 11.3 Å². The Balaban J connectivity index is 0.00000220.